The van der Waals surface area contributed by atoms with E-state index < -0.39 is 18.4 Å². The van der Waals surface area contributed by atoms with Crippen molar-refractivity contribution in [1.82, 2.24) is 19.4 Å². The Morgan fingerprint density at radius 3 is 2.65 bits per heavy atom. The molecule has 4 unspecified atom stereocenters. The molecule has 31 heavy (non-hydrogen) atoms. The van der Waals surface area contributed by atoms with E-state index in [-0.39, 0.29) is 12.5 Å². The van der Waals surface area contributed by atoms with E-state index in [0.29, 0.717) is 35.9 Å². The van der Waals surface area contributed by atoms with E-state index in [1.807, 2.05) is 18.2 Å². The summed E-state index contributed by atoms with van der Waals surface area (Å²) in [6.45, 7) is 1.11. The van der Waals surface area contributed by atoms with Crippen LogP contribution in [-0.4, -0.2) is 66.8 Å². The second-order valence-corrected chi connectivity index (χ2v) is 9.24. The largest absolute Gasteiger partial charge is 0.465 e. The van der Waals surface area contributed by atoms with Crippen molar-refractivity contribution in [2.24, 2.45) is 5.92 Å². The van der Waals surface area contributed by atoms with Crippen LogP contribution in [0, 0.1) is 5.92 Å². The van der Waals surface area contributed by atoms with E-state index in [9.17, 15) is 19.8 Å². The lowest BCUT2D eigenvalue weighted by Gasteiger charge is -2.44. The van der Waals surface area contributed by atoms with Gasteiger partial charge in [0.15, 0.2) is 0 Å². The van der Waals surface area contributed by atoms with Crippen molar-refractivity contribution >= 4 is 23.0 Å². The van der Waals surface area contributed by atoms with Gasteiger partial charge in [-0.15, -0.1) is 0 Å². The molecule has 3 aliphatic rings. The number of amides is 2. The van der Waals surface area contributed by atoms with Crippen LogP contribution in [0.25, 0.3) is 11.0 Å². The zero-order valence-electron chi connectivity index (χ0n) is 17.7. The molecule has 0 bridgehead atoms. The highest BCUT2D eigenvalue weighted by Gasteiger charge is 2.36. The number of carbonyl (C=O) groups is 2. The highest BCUT2D eigenvalue weighted by atomic mass is 16.4. The van der Waals surface area contributed by atoms with Crippen LogP contribution in [-0.2, 0) is 0 Å². The minimum absolute atomic E-state index is 0.0771. The summed E-state index contributed by atoms with van der Waals surface area (Å²) in [6.07, 6.45) is 7.43. The van der Waals surface area contributed by atoms with Crippen molar-refractivity contribution in [3.8, 4) is 0 Å². The third-order valence-corrected chi connectivity index (χ3v) is 7.44. The second-order valence-electron chi connectivity index (χ2n) is 9.24. The monoisotopic (exact) mass is 426 g/mol. The summed E-state index contributed by atoms with van der Waals surface area (Å²) in [5, 5.41) is 19.7. The number of hydrogen-bond donors (Lipinski definition) is 2. The number of imidazole rings is 1. The summed E-state index contributed by atoms with van der Waals surface area (Å²) in [5.74, 6) is 0.711. The van der Waals surface area contributed by atoms with Crippen molar-refractivity contribution in [3.63, 3.8) is 0 Å². The Bertz CT molecular complexity index is 987. The molecule has 0 spiro atoms. The van der Waals surface area contributed by atoms with Gasteiger partial charge in [0, 0.05) is 31.1 Å². The summed E-state index contributed by atoms with van der Waals surface area (Å²) in [6, 6.07) is 5.87. The Balaban J connectivity index is 1.42. The quantitative estimate of drug-likeness (QED) is 0.766. The topological polar surface area (TPSA) is 98.9 Å². The molecule has 4 atom stereocenters. The highest BCUT2D eigenvalue weighted by Crippen LogP contribution is 2.36. The molecule has 2 N–H and O–H groups in total. The number of fused-ring (bicyclic) bond motifs is 2. The molecule has 1 aromatic carbocycles. The first-order chi connectivity index (χ1) is 15.0. The molecule has 166 valence electrons. The minimum Gasteiger partial charge on any atom is -0.465 e. The zero-order chi connectivity index (χ0) is 21.5. The van der Waals surface area contributed by atoms with E-state index in [1.54, 1.807) is 10.9 Å². The maximum absolute atomic E-state index is 13.4. The van der Waals surface area contributed by atoms with Gasteiger partial charge in [0.1, 0.15) is 6.17 Å². The highest BCUT2D eigenvalue weighted by molar-refractivity contribution is 5.97. The molecular formula is C23H30N4O4. The first kappa shape index (κ1) is 20.3. The maximum Gasteiger partial charge on any atom is 0.408 e. The van der Waals surface area contributed by atoms with Crippen LogP contribution >= 0.6 is 0 Å². The molecule has 2 saturated heterocycles. The number of aromatic nitrogens is 2. The van der Waals surface area contributed by atoms with Crippen molar-refractivity contribution in [2.45, 2.75) is 69.7 Å². The average Bonchev–Trinajstić information content (AvgIpc) is 3.21. The number of benzene rings is 1. The molecule has 8 nitrogen and oxygen atoms in total. The second kappa shape index (κ2) is 8.15. The Labute approximate surface area is 181 Å². The summed E-state index contributed by atoms with van der Waals surface area (Å²) in [4.78, 5) is 33.0. The van der Waals surface area contributed by atoms with E-state index >= 15 is 0 Å². The van der Waals surface area contributed by atoms with Crippen LogP contribution in [0.1, 0.15) is 67.9 Å². The Hall–Kier alpha value is -2.61. The number of hydrogen-bond acceptors (Lipinski definition) is 4. The fourth-order valence-corrected chi connectivity index (χ4v) is 5.86. The Kier molecular flexibility index (Phi) is 5.33. The lowest BCUT2D eigenvalue weighted by atomic mass is 9.78. The van der Waals surface area contributed by atoms with Gasteiger partial charge in [0.25, 0.3) is 5.91 Å². The molecule has 5 rings (SSSR count). The van der Waals surface area contributed by atoms with Gasteiger partial charge in [-0.25, -0.2) is 9.78 Å². The maximum atomic E-state index is 13.4. The predicted octanol–water partition coefficient (Wildman–Crippen LogP) is 3.46. The lowest BCUT2D eigenvalue weighted by Crippen LogP contribution is -2.49. The van der Waals surface area contributed by atoms with E-state index in [4.69, 9.17) is 0 Å². The van der Waals surface area contributed by atoms with Crippen molar-refractivity contribution < 1.29 is 19.8 Å². The van der Waals surface area contributed by atoms with Crippen LogP contribution in [0.15, 0.2) is 24.5 Å². The number of carbonyl (C=O) groups excluding carboxylic acids is 1. The van der Waals surface area contributed by atoms with Gasteiger partial charge in [-0.2, -0.15) is 0 Å². The lowest BCUT2D eigenvalue weighted by molar-refractivity contribution is 0.0185. The van der Waals surface area contributed by atoms with E-state index in [1.165, 1.54) is 30.6 Å². The fraction of sp³-hybridized carbons (Fsp3) is 0.609. The van der Waals surface area contributed by atoms with Gasteiger partial charge in [-0.1, -0.05) is 12.8 Å². The number of likely N-dealkylation sites (tertiary alicyclic amines) is 2. The van der Waals surface area contributed by atoms with Crippen LogP contribution in [0.2, 0.25) is 0 Å². The van der Waals surface area contributed by atoms with Gasteiger partial charge in [-0.3, -0.25) is 9.69 Å². The normalized spacial score (nSPS) is 29.1. The average molecular weight is 427 g/mol. The molecule has 0 radical (unpaired) electrons. The van der Waals surface area contributed by atoms with Gasteiger partial charge < -0.3 is 19.7 Å². The molecule has 2 aliphatic heterocycles. The van der Waals surface area contributed by atoms with Crippen LogP contribution in [0.5, 0.6) is 0 Å². The smallest absolute Gasteiger partial charge is 0.408 e. The minimum atomic E-state index is -1.00. The van der Waals surface area contributed by atoms with Crippen LogP contribution in [0.4, 0.5) is 4.79 Å². The molecule has 1 saturated carbocycles. The van der Waals surface area contributed by atoms with Crippen LogP contribution < -0.4 is 0 Å². The molecule has 3 heterocycles. The standard InChI is InChI=1S/C23H30N4O4/c28-17-9-11-26(23(30)31)21(13-17)27-14-24-18-12-16(7-8-20(18)27)22(29)25-10-3-5-15-4-1-2-6-19(15)25/h7-8,12,14-15,17,19,21,28H,1-6,9-11,13H2,(H,30,31). The van der Waals surface area contributed by atoms with Gasteiger partial charge in [-0.05, 0) is 56.2 Å². The first-order valence-corrected chi connectivity index (χ1v) is 11.5. The summed E-state index contributed by atoms with van der Waals surface area (Å²) < 4.78 is 1.80. The molecule has 2 aromatic rings. The molecule has 1 aliphatic carbocycles. The zero-order valence-corrected chi connectivity index (χ0v) is 17.7. The number of nitrogens with zero attached hydrogens (tertiary/aromatic N) is 4. The molecule has 8 heteroatoms. The SMILES string of the molecule is O=C(c1ccc2c(c1)ncn2C1CC(O)CCN1C(=O)O)N1CCCC2CCCCC21. The molecular weight excluding hydrogens is 396 g/mol. The Morgan fingerprint density at radius 2 is 1.81 bits per heavy atom. The molecule has 2 amide bonds. The summed E-state index contributed by atoms with van der Waals surface area (Å²) in [5.41, 5.74) is 2.09. The molecule has 3 fully saturated rings. The third-order valence-electron chi connectivity index (χ3n) is 7.44. The number of aliphatic hydroxyl groups excluding tert-OH is 1. The number of carboxylic acid groups (broad SMARTS) is 1. The van der Waals surface area contributed by atoms with Crippen LogP contribution in [0.3, 0.4) is 0 Å². The van der Waals surface area contributed by atoms with Crippen molar-refractivity contribution in [3.05, 3.63) is 30.1 Å². The Morgan fingerprint density at radius 1 is 1.00 bits per heavy atom. The molecule has 1 aromatic heterocycles. The first-order valence-electron chi connectivity index (χ1n) is 11.5. The summed E-state index contributed by atoms with van der Waals surface area (Å²) in [7, 11) is 0. The number of aliphatic hydroxyl groups is 1. The van der Waals surface area contributed by atoms with Crippen molar-refractivity contribution in [2.75, 3.05) is 13.1 Å². The van der Waals surface area contributed by atoms with Gasteiger partial charge in [0.2, 0.25) is 0 Å². The fourth-order valence-electron chi connectivity index (χ4n) is 5.86. The van der Waals surface area contributed by atoms with E-state index in [0.717, 1.165) is 24.9 Å². The summed E-state index contributed by atoms with van der Waals surface area (Å²) >= 11 is 0. The third kappa shape index (κ3) is 3.67. The van der Waals surface area contributed by atoms with E-state index in [2.05, 4.69) is 9.88 Å². The van der Waals surface area contributed by atoms with Crippen molar-refractivity contribution in [1.29, 1.82) is 0 Å². The number of rotatable bonds is 2. The van der Waals surface area contributed by atoms with Gasteiger partial charge in [0.05, 0.1) is 23.5 Å². The van der Waals surface area contributed by atoms with Gasteiger partial charge >= 0.3 is 6.09 Å². The number of piperidine rings is 2. The predicted molar refractivity (Wildman–Crippen MR) is 115 cm³/mol.